The molecule has 7 heteroatoms. The standard InChI is InChI=1S/C10H6Cl7/c11-8(12,9(13,14)10(15,16)17)6-7-4-2-1-3-5-7/h1-6H. The number of rotatable bonds is 3. The molecule has 0 aliphatic carbocycles. The van der Waals surface area contributed by atoms with Crippen molar-refractivity contribution in [2.45, 2.75) is 12.5 Å². The average Bonchev–Trinajstić information content (AvgIpc) is 2.16. The van der Waals surface area contributed by atoms with E-state index in [1.54, 1.807) is 24.3 Å². The van der Waals surface area contributed by atoms with Gasteiger partial charge in [0.15, 0.2) is 8.67 Å². The molecule has 0 aliphatic rings. The molecule has 1 rings (SSSR count). The molecule has 0 fully saturated rings. The zero-order chi connectivity index (χ0) is 13.3. The van der Waals surface area contributed by atoms with Crippen LogP contribution < -0.4 is 0 Å². The van der Waals surface area contributed by atoms with Gasteiger partial charge >= 0.3 is 0 Å². The smallest absolute Gasteiger partial charge is 0.0974 e. The van der Waals surface area contributed by atoms with Gasteiger partial charge in [-0.25, -0.2) is 0 Å². The second-order valence-corrected chi connectivity index (χ2v) is 8.24. The Labute approximate surface area is 135 Å². The summed E-state index contributed by atoms with van der Waals surface area (Å²) in [6, 6.07) is 8.97. The van der Waals surface area contributed by atoms with Crippen molar-refractivity contribution < 1.29 is 0 Å². The van der Waals surface area contributed by atoms with E-state index in [1.807, 2.05) is 6.07 Å². The molecule has 0 saturated heterocycles. The zero-order valence-electron chi connectivity index (χ0n) is 8.11. The highest BCUT2D eigenvalue weighted by Crippen LogP contribution is 2.57. The maximum Gasteiger partial charge on any atom is 0.226 e. The predicted octanol–water partition coefficient (Wildman–Crippen LogP) is 5.96. The highest BCUT2D eigenvalue weighted by Gasteiger charge is 2.59. The van der Waals surface area contributed by atoms with E-state index in [1.165, 1.54) is 6.42 Å². The van der Waals surface area contributed by atoms with Crippen molar-refractivity contribution in [3.63, 3.8) is 0 Å². The lowest BCUT2D eigenvalue weighted by Gasteiger charge is -2.37. The van der Waals surface area contributed by atoms with Crippen LogP contribution >= 0.6 is 81.2 Å². The van der Waals surface area contributed by atoms with Crippen molar-refractivity contribution in [3.05, 3.63) is 42.3 Å². The number of hydrogen-bond donors (Lipinski definition) is 0. The molecule has 0 unspecified atom stereocenters. The molecule has 0 N–H and O–H groups in total. The van der Waals surface area contributed by atoms with Crippen LogP contribution in [0, 0.1) is 6.42 Å². The summed E-state index contributed by atoms with van der Waals surface area (Å²) in [6.07, 6.45) is 1.41. The monoisotopic (exact) mass is 371 g/mol. The molecule has 0 saturated carbocycles. The Morgan fingerprint density at radius 1 is 0.765 bits per heavy atom. The van der Waals surface area contributed by atoms with E-state index in [9.17, 15) is 0 Å². The third kappa shape index (κ3) is 3.86. The number of halogens is 7. The van der Waals surface area contributed by atoms with Gasteiger partial charge in [0.25, 0.3) is 0 Å². The quantitative estimate of drug-likeness (QED) is 0.573. The Balaban J connectivity index is 2.96. The van der Waals surface area contributed by atoms with E-state index in [0.717, 1.165) is 0 Å². The Kier molecular flexibility index (Phi) is 5.47. The molecule has 1 aromatic rings. The van der Waals surface area contributed by atoms with E-state index in [2.05, 4.69) is 0 Å². The molecule has 17 heavy (non-hydrogen) atoms. The first-order chi connectivity index (χ1) is 7.58. The van der Waals surface area contributed by atoms with Crippen molar-refractivity contribution in [2.24, 2.45) is 0 Å². The van der Waals surface area contributed by atoms with Gasteiger partial charge in [0.05, 0.1) is 0 Å². The van der Waals surface area contributed by atoms with Crippen molar-refractivity contribution in [1.29, 1.82) is 0 Å². The molecule has 1 radical (unpaired) electrons. The molecule has 0 bridgehead atoms. The molecule has 0 aromatic heterocycles. The minimum Gasteiger partial charge on any atom is -0.0974 e. The van der Waals surface area contributed by atoms with Crippen LogP contribution in [0.2, 0.25) is 0 Å². The summed E-state index contributed by atoms with van der Waals surface area (Å²) in [7, 11) is 0. The van der Waals surface area contributed by atoms with E-state index in [4.69, 9.17) is 81.2 Å². The summed E-state index contributed by atoms with van der Waals surface area (Å²) in [5.74, 6) is 0. The lowest BCUT2D eigenvalue weighted by molar-refractivity contribution is 0.737. The van der Waals surface area contributed by atoms with Crippen molar-refractivity contribution in [2.75, 3.05) is 0 Å². The van der Waals surface area contributed by atoms with Crippen LogP contribution in [-0.4, -0.2) is 12.5 Å². The topological polar surface area (TPSA) is 0 Å². The van der Waals surface area contributed by atoms with Crippen LogP contribution in [0.1, 0.15) is 5.56 Å². The summed E-state index contributed by atoms with van der Waals surface area (Å²) in [5.41, 5.74) is 0.706. The van der Waals surface area contributed by atoms with Gasteiger partial charge < -0.3 is 0 Å². The minimum absolute atomic E-state index is 0.706. The SMILES string of the molecule is ClC(Cl)(Cl)C(Cl)(Cl)C(Cl)(Cl)[CH]c1ccccc1. The summed E-state index contributed by atoms with van der Waals surface area (Å²) >= 11 is 40.9. The maximum atomic E-state index is 6.04. The van der Waals surface area contributed by atoms with Crippen molar-refractivity contribution >= 4 is 81.2 Å². The van der Waals surface area contributed by atoms with Crippen molar-refractivity contribution in [1.82, 2.24) is 0 Å². The van der Waals surface area contributed by atoms with Gasteiger partial charge in [-0.05, 0) is 5.56 Å². The first-order valence-corrected chi connectivity index (χ1v) is 6.96. The van der Waals surface area contributed by atoms with Gasteiger partial charge in [0.1, 0.15) is 0 Å². The maximum absolute atomic E-state index is 6.04. The normalized spacial score (nSPS) is 13.8. The van der Waals surface area contributed by atoms with Gasteiger partial charge in [-0.2, -0.15) is 0 Å². The first-order valence-electron chi connectivity index (χ1n) is 4.31. The summed E-state index contributed by atoms with van der Waals surface area (Å²) < 4.78 is -5.79. The molecule has 0 atom stereocenters. The van der Waals surface area contributed by atoms with Gasteiger partial charge in [-0.1, -0.05) is 112 Å². The largest absolute Gasteiger partial charge is 0.226 e. The fraction of sp³-hybridized carbons (Fsp3) is 0.300. The van der Waals surface area contributed by atoms with Crippen LogP contribution in [0.5, 0.6) is 0 Å². The molecule has 0 spiro atoms. The number of benzene rings is 1. The highest BCUT2D eigenvalue weighted by molar-refractivity contribution is 6.78. The molecular weight excluding hydrogens is 368 g/mol. The van der Waals surface area contributed by atoms with Crippen LogP contribution in [0.25, 0.3) is 0 Å². The van der Waals surface area contributed by atoms with Gasteiger partial charge in [0, 0.05) is 6.42 Å². The third-order valence-corrected chi connectivity index (χ3v) is 5.69. The lowest BCUT2D eigenvalue weighted by Crippen LogP contribution is -2.47. The Bertz CT molecular complexity index is 366. The van der Waals surface area contributed by atoms with Gasteiger partial charge in [-0.3, -0.25) is 0 Å². The third-order valence-electron chi connectivity index (χ3n) is 1.92. The van der Waals surface area contributed by atoms with E-state index < -0.39 is 12.5 Å². The van der Waals surface area contributed by atoms with Gasteiger partial charge in [-0.15, -0.1) is 0 Å². The summed E-state index contributed by atoms with van der Waals surface area (Å²) in [4.78, 5) is 0. The Morgan fingerprint density at radius 2 is 1.24 bits per heavy atom. The molecule has 95 valence electrons. The van der Waals surface area contributed by atoms with Crippen LogP contribution in [-0.2, 0) is 0 Å². The molecule has 0 nitrogen and oxygen atoms in total. The highest BCUT2D eigenvalue weighted by atomic mass is 35.6. The molecule has 1 aromatic carbocycles. The summed E-state index contributed by atoms with van der Waals surface area (Å²) in [6.45, 7) is 0. The first kappa shape index (κ1) is 16.3. The van der Waals surface area contributed by atoms with E-state index >= 15 is 0 Å². The minimum atomic E-state index is -2.04. The fourth-order valence-electron chi connectivity index (χ4n) is 1.04. The van der Waals surface area contributed by atoms with E-state index in [0.29, 0.717) is 5.56 Å². The number of alkyl halides is 7. The number of hydrogen-bond acceptors (Lipinski definition) is 0. The fourth-order valence-corrected chi connectivity index (χ4v) is 2.42. The molecule has 0 amide bonds. The van der Waals surface area contributed by atoms with E-state index in [-0.39, 0.29) is 0 Å². The van der Waals surface area contributed by atoms with Crippen molar-refractivity contribution in [3.8, 4) is 0 Å². The Hall–Kier alpha value is 1.25. The van der Waals surface area contributed by atoms with Crippen LogP contribution in [0.4, 0.5) is 0 Å². The van der Waals surface area contributed by atoms with Gasteiger partial charge in [0.2, 0.25) is 3.79 Å². The lowest BCUT2D eigenvalue weighted by atomic mass is 10.1. The molecule has 0 heterocycles. The van der Waals surface area contributed by atoms with Crippen LogP contribution in [0.3, 0.4) is 0 Å². The predicted molar refractivity (Wildman–Crippen MR) is 79.0 cm³/mol. The zero-order valence-corrected chi connectivity index (χ0v) is 13.4. The Morgan fingerprint density at radius 3 is 1.65 bits per heavy atom. The van der Waals surface area contributed by atoms with Crippen LogP contribution in [0.15, 0.2) is 30.3 Å². The second-order valence-electron chi connectivity index (χ2n) is 3.25. The summed E-state index contributed by atoms with van der Waals surface area (Å²) in [5, 5.41) is 0. The second kappa shape index (κ2) is 5.71. The average molecular weight is 374 g/mol. The molecule has 0 aliphatic heterocycles. The molecular formula is C10H6Cl7.